The second kappa shape index (κ2) is 11.5. The predicted octanol–water partition coefficient (Wildman–Crippen LogP) is 4.52. The molecule has 0 aliphatic carbocycles. The van der Waals surface area contributed by atoms with Gasteiger partial charge in [0.1, 0.15) is 12.1 Å². The number of nitrogens with zero attached hydrogens (tertiary/aromatic N) is 4. The van der Waals surface area contributed by atoms with E-state index < -0.39 is 5.83 Å². The molecule has 1 unspecified atom stereocenters. The largest absolute Gasteiger partial charge is 0.383 e. The molecule has 1 saturated heterocycles. The maximum absolute atomic E-state index is 14.2. The van der Waals surface area contributed by atoms with Crippen molar-refractivity contribution in [1.82, 2.24) is 14.9 Å². The summed E-state index contributed by atoms with van der Waals surface area (Å²) in [5, 5.41) is 4.53. The van der Waals surface area contributed by atoms with Crippen LogP contribution in [0.2, 0.25) is 0 Å². The molecular formula is C25H31F2N7. The Morgan fingerprint density at radius 3 is 2.47 bits per heavy atom. The van der Waals surface area contributed by atoms with Gasteiger partial charge in [-0.2, -0.15) is 5.10 Å². The van der Waals surface area contributed by atoms with Gasteiger partial charge in [0.15, 0.2) is 11.7 Å². The third-order valence-corrected chi connectivity index (χ3v) is 5.97. The van der Waals surface area contributed by atoms with Crippen LogP contribution in [0.15, 0.2) is 77.7 Å². The summed E-state index contributed by atoms with van der Waals surface area (Å²) in [6, 6.07) is 10.3. The SMILES string of the molecule is C\C=C/C=C(\C(F)=C\F)N(N)/C(=N\N)c1cc(-c2ccc(C(C)N3CCCC3)cc2)cnc1N. The quantitative estimate of drug-likeness (QED) is 0.182. The predicted molar refractivity (Wildman–Crippen MR) is 133 cm³/mol. The molecule has 0 bridgehead atoms. The van der Waals surface area contributed by atoms with Crippen molar-refractivity contribution >= 4 is 11.7 Å². The molecule has 1 atom stereocenters. The zero-order valence-corrected chi connectivity index (χ0v) is 19.5. The Labute approximate surface area is 198 Å². The number of halogens is 2. The van der Waals surface area contributed by atoms with Crippen LogP contribution in [0.3, 0.4) is 0 Å². The first-order chi connectivity index (χ1) is 16.4. The van der Waals surface area contributed by atoms with Gasteiger partial charge in [-0.3, -0.25) is 9.91 Å². The fourth-order valence-electron chi connectivity index (χ4n) is 4.00. The van der Waals surface area contributed by atoms with Crippen molar-refractivity contribution in [2.24, 2.45) is 16.8 Å². The zero-order chi connectivity index (χ0) is 24.7. The van der Waals surface area contributed by atoms with Gasteiger partial charge < -0.3 is 11.6 Å². The number of hydrazone groups is 1. The van der Waals surface area contributed by atoms with Crippen LogP contribution in [-0.2, 0) is 0 Å². The van der Waals surface area contributed by atoms with E-state index in [1.807, 2.05) is 12.1 Å². The number of rotatable bonds is 7. The molecule has 2 heterocycles. The monoisotopic (exact) mass is 467 g/mol. The fourth-order valence-corrected chi connectivity index (χ4v) is 4.00. The van der Waals surface area contributed by atoms with Gasteiger partial charge in [0.05, 0.1) is 11.3 Å². The second-order valence-corrected chi connectivity index (χ2v) is 8.06. The molecule has 9 heteroatoms. The van der Waals surface area contributed by atoms with Gasteiger partial charge >= 0.3 is 0 Å². The van der Waals surface area contributed by atoms with Crippen molar-refractivity contribution in [3.63, 3.8) is 0 Å². The van der Waals surface area contributed by atoms with E-state index in [2.05, 4.69) is 34.0 Å². The summed E-state index contributed by atoms with van der Waals surface area (Å²) in [5.74, 6) is 10.5. The molecular weight excluding hydrogens is 436 g/mol. The number of pyridine rings is 1. The Bertz CT molecular complexity index is 1100. The van der Waals surface area contributed by atoms with Crippen LogP contribution in [0.25, 0.3) is 11.1 Å². The molecule has 3 rings (SSSR count). The second-order valence-electron chi connectivity index (χ2n) is 8.06. The normalized spacial score (nSPS) is 16.9. The van der Waals surface area contributed by atoms with Gasteiger partial charge in [0.2, 0.25) is 0 Å². The molecule has 0 spiro atoms. The lowest BCUT2D eigenvalue weighted by molar-refractivity contribution is 0.263. The van der Waals surface area contributed by atoms with Crippen LogP contribution in [0.4, 0.5) is 14.6 Å². The van der Waals surface area contributed by atoms with Crippen LogP contribution in [0.1, 0.15) is 43.9 Å². The summed E-state index contributed by atoms with van der Waals surface area (Å²) in [6.07, 6.45) is 8.37. The summed E-state index contributed by atoms with van der Waals surface area (Å²) < 4.78 is 27.1. The van der Waals surface area contributed by atoms with Gasteiger partial charge in [0, 0.05) is 17.8 Å². The summed E-state index contributed by atoms with van der Waals surface area (Å²) in [4.78, 5) is 6.72. The average Bonchev–Trinajstić information content (AvgIpc) is 3.40. The van der Waals surface area contributed by atoms with Crippen molar-refractivity contribution < 1.29 is 8.78 Å². The lowest BCUT2D eigenvalue weighted by atomic mass is 10.0. The minimum atomic E-state index is -1.19. The highest BCUT2D eigenvalue weighted by molar-refractivity contribution is 6.04. The molecule has 0 amide bonds. The number of amidine groups is 1. The fraction of sp³-hybridized carbons (Fsp3) is 0.280. The molecule has 2 aromatic rings. The van der Waals surface area contributed by atoms with E-state index in [-0.39, 0.29) is 29.2 Å². The molecule has 34 heavy (non-hydrogen) atoms. The molecule has 0 saturated carbocycles. The van der Waals surface area contributed by atoms with Gasteiger partial charge in [-0.05, 0) is 63.0 Å². The van der Waals surface area contributed by atoms with E-state index in [0.717, 1.165) is 29.2 Å². The van der Waals surface area contributed by atoms with Gasteiger partial charge in [-0.25, -0.2) is 19.6 Å². The molecule has 1 aromatic heterocycles. The number of aromatic nitrogens is 1. The smallest absolute Gasteiger partial charge is 0.178 e. The molecule has 6 N–H and O–H groups in total. The standard InChI is InChI=1S/C25H31F2N7/c1-3-4-7-23(22(27)15-26)34(30)25(32-29)21-14-20(16-31-24(21)28)19-10-8-18(9-11-19)17(2)33-12-5-6-13-33/h3-4,7-11,14-17H,5-6,12-13,29-30H2,1-2H3,(H2,28,31)/b4-3-,22-15-,23-7+,32-25-. The number of hydrazine groups is 1. The maximum Gasteiger partial charge on any atom is 0.178 e. The minimum Gasteiger partial charge on any atom is -0.383 e. The summed E-state index contributed by atoms with van der Waals surface area (Å²) in [6.45, 7) is 6.18. The highest BCUT2D eigenvalue weighted by Gasteiger charge is 2.22. The van der Waals surface area contributed by atoms with Crippen molar-refractivity contribution in [1.29, 1.82) is 0 Å². The highest BCUT2D eigenvalue weighted by Crippen LogP contribution is 2.29. The molecule has 7 nitrogen and oxygen atoms in total. The number of nitrogen functional groups attached to an aromatic ring is 1. The first kappa shape index (κ1) is 25.1. The van der Waals surface area contributed by atoms with E-state index >= 15 is 0 Å². The molecule has 1 aliphatic rings. The number of hydrogen-bond donors (Lipinski definition) is 3. The van der Waals surface area contributed by atoms with Gasteiger partial charge in [0.25, 0.3) is 0 Å². The number of benzene rings is 1. The third-order valence-electron chi connectivity index (χ3n) is 5.97. The van der Waals surface area contributed by atoms with Gasteiger partial charge in [-0.1, -0.05) is 36.4 Å². The number of allylic oxidation sites excluding steroid dienone is 4. The Morgan fingerprint density at radius 2 is 1.88 bits per heavy atom. The molecule has 180 valence electrons. The molecule has 0 radical (unpaired) electrons. The van der Waals surface area contributed by atoms with Crippen molar-refractivity contribution in [3.05, 3.63) is 83.7 Å². The Kier molecular flexibility index (Phi) is 8.50. The van der Waals surface area contributed by atoms with E-state index in [0.29, 0.717) is 6.04 Å². The molecule has 1 aromatic carbocycles. The van der Waals surface area contributed by atoms with Crippen molar-refractivity contribution in [2.45, 2.75) is 32.7 Å². The van der Waals surface area contributed by atoms with Crippen LogP contribution < -0.4 is 17.4 Å². The summed E-state index contributed by atoms with van der Waals surface area (Å²) >= 11 is 0. The number of anilines is 1. The molecule has 1 aliphatic heterocycles. The zero-order valence-electron chi connectivity index (χ0n) is 19.5. The maximum atomic E-state index is 14.2. The first-order valence-electron chi connectivity index (χ1n) is 11.1. The van der Waals surface area contributed by atoms with Crippen LogP contribution in [0.5, 0.6) is 0 Å². The topological polar surface area (TPSA) is 110 Å². The molecule has 1 fully saturated rings. The minimum absolute atomic E-state index is 0.0705. The number of likely N-dealkylation sites (tertiary alicyclic amines) is 1. The van der Waals surface area contributed by atoms with Crippen molar-refractivity contribution in [3.8, 4) is 11.1 Å². The summed E-state index contributed by atoms with van der Waals surface area (Å²) in [7, 11) is 0. The lowest BCUT2D eigenvalue weighted by Crippen LogP contribution is -2.38. The third kappa shape index (κ3) is 5.49. The Hall–Kier alpha value is -3.56. The van der Waals surface area contributed by atoms with E-state index in [1.165, 1.54) is 30.6 Å². The Morgan fingerprint density at radius 1 is 1.21 bits per heavy atom. The van der Waals surface area contributed by atoms with Crippen LogP contribution in [-0.4, -0.2) is 33.8 Å². The summed E-state index contributed by atoms with van der Waals surface area (Å²) in [5.41, 5.74) is 8.97. The highest BCUT2D eigenvalue weighted by atomic mass is 19.2. The Balaban J connectivity index is 1.93. The van der Waals surface area contributed by atoms with E-state index in [4.69, 9.17) is 17.4 Å². The van der Waals surface area contributed by atoms with Crippen LogP contribution in [0, 0.1) is 0 Å². The average molecular weight is 468 g/mol. The number of hydrogen-bond acceptors (Lipinski definition) is 6. The lowest BCUT2D eigenvalue weighted by Gasteiger charge is -2.24. The van der Waals surface area contributed by atoms with Crippen molar-refractivity contribution in [2.75, 3.05) is 18.8 Å². The van der Waals surface area contributed by atoms with Gasteiger partial charge in [-0.15, -0.1) is 0 Å². The van der Waals surface area contributed by atoms with E-state index in [9.17, 15) is 8.78 Å². The number of nitrogens with two attached hydrogens (primary N) is 3. The first-order valence-corrected chi connectivity index (χ1v) is 11.1. The van der Waals surface area contributed by atoms with Crippen LogP contribution >= 0.6 is 0 Å². The van der Waals surface area contributed by atoms with E-state index in [1.54, 1.807) is 25.3 Å².